The van der Waals surface area contributed by atoms with Crippen LogP contribution in [0.3, 0.4) is 0 Å². The van der Waals surface area contributed by atoms with Crippen LogP contribution < -0.4 is 21.7 Å². The maximum atomic E-state index is 12.2. The average Bonchev–Trinajstić information content (AvgIpc) is 3.56. The Bertz CT molecular complexity index is 1360. The van der Waals surface area contributed by atoms with Gasteiger partial charge in [0.25, 0.3) is 5.91 Å². The van der Waals surface area contributed by atoms with Gasteiger partial charge in [0.05, 0.1) is 6.33 Å². The lowest BCUT2D eigenvalue weighted by Gasteiger charge is -2.16. The molecule has 1 fully saturated rings. The highest BCUT2D eigenvalue weighted by molar-refractivity contribution is 6.02. The molecule has 5 rings (SSSR count). The molecular formula is C22H24N8O7. The number of aromatic nitrogens is 4. The van der Waals surface area contributed by atoms with Gasteiger partial charge in [0.15, 0.2) is 17.7 Å². The fraction of sp³-hybridized carbons (Fsp3) is 0.364. The van der Waals surface area contributed by atoms with Crippen molar-refractivity contribution < 1.29 is 34.1 Å². The van der Waals surface area contributed by atoms with E-state index in [4.69, 9.17) is 15.2 Å². The second-order valence-corrected chi connectivity index (χ2v) is 8.49. The number of benzene rings is 1. The van der Waals surface area contributed by atoms with Crippen LogP contribution in [0.15, 0.2) is 30.9 Å². The summed E-state index contributed by atoms with van der Waals surface area (Å²) in [4.78, 5) is 48.2. The monoisotopic (exact) mass is 512 g/mol. The summed E-state index contributed by atoms with van der Waals surface area (Å²) < 4.78 is 12.4. The second kappa shape index (κ2) is 10.1. The minimum atomic E-state index is -1.32. The van der Waals surface area contributed by atoms with Gasteiger partial charge in [-0.25, -0.2) is 15.0 Å². The molecule has 0 saturated carbocycles. The molecule has 0 spiro atoms. The first-order valence-corrected chi connectivity index (χ1v) is 11.3. The quantitative estimate of drug-likeness (QED) is 0.195. The standard InChI is InChI=1S/C22H24N8O7/c23-19-16-20(27-8-26-19)30(9-28-16)22-18(34)17(33)13(37-22)5-24-14(31)6-36-7-15(32)29-12-3-1-2-10-11(12)4-25-21(10)35/h1-3,8-9,13,17-18,22,33-34H,4-7H2,(H,24,31)(H,25,35)(H,29,32)(H2,23,26,27). The van der Waals surface area contributed by atoms with Crippen molar-refractivity contribution in [3.63, 3.8) is 0 Å². The number of nitrogens with zero attached hydrogens (tertiary/aromatic N) is 4. The van der Waals surface area contributed by atoms with Crippen LogP contribution in [0.1, 0.15) is 22.1 Å². The molecule has 2 aliphatic rings. The first kappa shape index (κ1) is 24.5. The van der Waals surface area contributed by atoms with E-state index >= 15 is 0 Å². The van der Waals surface area contributed by atoms with Gasteiger partial charge >= 0.3 is 0 Å². The largest absolute Gasteiger partial charge is 0.387 e. The van der Waals surface area contributed by atoms with Crippen molar-refractivity contribution in [2.45, 2.75) is 31.1 Å². The number of carbonyl (C=O) groups excluding carboxylic acids is 3. The number of imidazole rings is 1. The van der Waals surface area contributed by atoms with Crippen molar-refractivity contribution in [2.75, 3.05) is 30.8 Å². The van der Waals surface area contributed by atoms with E-state index in [-0.39, 0.29) is 24.9 Å². The smallest absolute Gasteiger partial charge is 0.251 e. The lowest BCUT2D eigenvalue weighted by atomic mass is 10.1. The Balaban J connectivity index is 1.09. The number of aliphatic hydroxyl groups excluding tert-OH is 2. The summed E-state index contributed by atoms with van der Waals surface area (Å²) >= 11 is 0. The lowest BCUT2D eigenvalue weighted by molar-refractivity contribution is -0.129. The van der Waals surface area contributed by atoms with Crippen LogP contribution in [0.2, 0.25) is 0 Å². The minimum absolute atomic E-state index is 0.121. The first-order chi connectivity index (χ1) is 17.8. The molecule has 37 heavy (non-hydrogen) atoms. The normalized spacial score (nSPS) is 22.6. The Morgan fingerprint density at radius 1 is 1.19 bits per heavy atom. The van der Waals surface area contributed by atoms with Crippen LogP contribution in [-0.2, 0) is 25.6 Å². The number of nitrogens with one attached hydrogen (secondary N) is 3. The van der Waals surface area contributed by atoms with Gasteiger partial charge in [-0.3, -0.25) is 19.0 Å². The third-order valence-electron chi connectivity index (χ3n) is 6.09. The van der Waals surface area contributed by atoms with Crippen LogP contribution in [0, 0.1) is 0 Å². The summed E-state index contributed by atoms with van der Waals surface area (Å²) in [5.74, 6) is -1.08. The van der Waals surface area contributed by atoms with E-state index < -0.39 is 43.0 Å². The topological polar surface area (TPSA) is 216 Å². The van der Waals surface area contributed by atoms with Crippen LogP contribution in [-0.4, -0.2) is 85.5 Å². The summed E-state index contributed by atoms with van der Waals surface area (Å²) in [5, 5.41) is 28.8. The molecule has 3 aromatic rings. The number of carbonyl (C=O) groups is 3. The maximum Gasteiger partial charge on any atom is 0.251 e. The Morgan fingerprint density at radius 3 is 2.84 bits per heavy atom. The molecule has 2 aliphatic heterocycles. The fourth-order valence-electron chi connectivity index (χ4n) is 4.24. The van der Waals surface area contributed by atoms with E-state index in [0.717, 1.165) is 0 Å². The van der Waals surface area contributed by atoms with E-state index in [9.17, 15) is 24.6 Å². The minimum Gasteiger partial charge on any atom is -0.387 e. The van der Waals surface area contributed by atoms with E-state index in [2.05, 4.69) is 30.9 Å². The van der Waals surface area contributed by atoms with E-state index in [1.807, 2.05) is 0 Å². The molecule has 194 valence electrons. The number of ether oxygens (including phenoxy) is 2. The van der Waals surface area contributed by atoms with Gasteiger partial charge in [0.2, 0.25) is 11.8 Å². The summed E-state index contributed by atoms with van der Waals surface area (Å²) in [6.07, 6.45) is -1.95. The summed E-state index contributed by atoms with van der Waals surface area (Å²) in [6, 6.07) is 5.00. The van der Waals surface area contributed by atoms with Gasteiger partial charge in [-0.1, -0.05) is 6.07 Å². The van der Waals surface area contributed by atoms with Gasteiger partial charge in [0, 0.05) is 29.9 Å². The Kier molecular flexibility index (Phi) is 6.66. The van der Waals surface area contributed by atoms with Crippen LogP contribution in [0.4, 0.5) is 11.5 Å². The molecule has 1 aromatic carbocycles. The number of rotatable bonds is 8. The molecule has 0 aliphatic carbocycles. The van der Waals surface area contributed by atoms with Gasteiger partial charge in [0.1, 0.15) is 43.4 Å². The van der Waals surface area contributed by atoms with Crippen LogP contribution >= 0.6 is 0 Å². The molecule has 3 amide bonds. The van der Waals surface area contributed by atoms with Gasteiger partial charge in [-0.05, 0) is 12.1 Å². The molecule has 15 nitrogen and oxygen atoms in total. The summed E-state index contributed by atoms with van der Waals surface area (Å²) in [5.41, 5.74) is 8.12. The first-order valence-electron chi connectivity index (χ1n) is 11.3. The van der Waals surface area contributed by atoms with Crippen molar-refractivity contribution in [1.82, 2.24) is 30.2 Å². The van der Waals surface area contributed by atoms with E-state index in [0.29, 0.717) is 34.5 Å². The zero-order valence-electron chi connectivity index (χ0n) is 19.3. The molecule has 15 heteroatoms. The zero-order chi connectivity index (χ0) is 26.1. The van der Waals surface area contributed by atoms with Crippen molar-refractivity contribution in [3.8, 4) is 0 Å². The number of nitrogen functional groups attached to an aromatic ring is 1. The Labute approximate surface area is 209 Å². The molecule has 4 unspecified atom stereocenters. The molecule has 0 bridgehead atoms. The highest BCUT2D eigenvalue weighted by Crippen LogP contribution is 2.31. The highest BCUT2D eigenvalue weighted by atomic mass is 16.6. The van der Waals surface area contributed by atoms with E-state index in [1.165, 1.54) is 17.2 Å². The molecule has 0 radical (unpaired) electrons. The molecule has 1 saturated heterocycles. The highest BCUT2D eigenvalue weighted by Gasteiger charge is 2.44. The number of fused-ring (bicyclic) bond motifs is 2. The predicted molar refractivity (Wildman–Crippen MR) is 126 cm³/mol. The summed E-state index contributed by atoms with van der Waals surface area (Å²) in [6.45, 7) is -0.612. The second-order valence-electron chi connectivity index (χ2n) is 8.49. The van der Waals surface area contributed by atoms with E-state index in [1.54, 1.807) is 18.2 Å². The van der Waals surface area contributed by atoms with Crippen molar-refractivity contribution in [2.24, 2.45) is 0 Å². The molecule has 7 N–H and O–H groups in total. The average molecular weight is 512 g/mol. The third kappa shape index (κ3) is 4.79. The zero-order valence-corrected chi connectivity index (χ0v) is 19.3. The number of anilines is 2. The molecule has 4 heterocycles. The Hall–Kier alpha value is -4.18. The fourth-order valence-corrected chi connectivity index (χ4v) is 4.24. The van der Waals surface area contributed by atoms with Crippen molar-refractivity contribution >= 4 is 40.4 Å². The number of nitrogens with two attached hydrogens (primary N) is 1. The third-order valence-corrected chi connectivity index (χ3v) is 6.09. The summed E-state index contributed by atoms with van der Waals surface area (Å²) in [7, 11) is 0. The van der Waals surface area contributed by atoms with Crippen LogP contribution in [0.25, 0.3) is 11.2 Å². The van der Waals surface area contributed by atoms with Gasteiger partial charge in [-0.2, -0.15) is 0 Å². The Morgan fingerprint density at radius 2 is 2.00 bits per heavy atom. The van der Waals surface area contributed by atoms with Crippen LogP contribution in [0.5, 0.6) is 0 Å². The predicted octanol–water partition coefficient (Wildman–Crippen LogP) is -1.96. The SMILES string of the molecule is Nc1ncnc2c1ncn2C1OC(CNC(=O)COCC(=O)Nc2cccc3c2CNC3=O)C(O)C1O. The van der Waals surface area contributed by atoms with Crippen molar-refractivity contribution in [3.05, 3.63) is 42.0 Å². The number of amides is 3. The lowest BCUT2D eigenvalue weighted by Crippen LogP contribution is -2.41. The van der Waals surface area contributed by atoms with Crippen molar-refractivity contribution in [1.29, 1.82) is 0 Å². The maximum absolute atomic E-state index is 12.2. The van der Waals surface area contributed by atoms with Gasteiger partial charge in [-0.15, -0.1) is 0 Å². The molecule has 4 atom stereocenters. The molecular weight excluding hydrogens is 488 g/mol. The van der Waals surface area contributed by atoms with Gasteiger partial charge < -0.3 is 41.4 Å². The number of hydrogen-bond acceptors (Lipinski definition) is 11. The number of aliphatic hydroxyl groups is 2. The number of hydrogen-bond donors (Lipinski definition) is 6. The molecule has 2 aromatic heterocycles.